The zero-order valence-electron chi connectivity index (χ0n) is 13.5. The molecule has 2 N–H and O–H groups in total. The second-order valence-electron chi connectivity index (χ2n) is 5.68. The van der Waals surface area contributed by atoms with E-state index in [4.69, 9.17) is 9.56 Å². The molecule has 3 aromatic rings. The van der Waals surface area contributed by atoms with E-state index in [0.29, 0.717) is 11.4 Å². The lowest BCUT2D eigenvalue weighted by atomic mass is 10.1. The number of primary sulfonamides is 1. The molecule has 0 radical (unpaired) electrons. The van der Waals surface area contributed by atoms with Gasteiger partial charge in [0.1, 0.15) is 17.0 Å². The smallest absolute Gasteiger partial charge is 0.415 e. The van der Waals surface area contributed by atoms with Gasteiger partial charge in [-0.2, -0.15) is 0 Å². The molecule has 0 saturated heterocycles. The van der Waals surface area contributed by atoms with Crippen molar-refractivity contribution in [2.75, 3.05) is 0 Å². The fourth-order valence-corrected chi connectivity index (χ4v) is 3.10. The van der Waals surface area contributed by atoms with Crippen LogP contribution in [0.15, 0.2) is 56.8 Å². The third-order valence-electron chi connectivity index (χ3n) is 3.98. The molecule has 25 heavy (non-hydrogen) atoms. The van der Waals surface area contributed by atoms with E-state index in [9.17, 15) is 17.6 Å². The number of nitrogens with two attached hydrogens (primary N) is 1. The Bertz CT molecular complexity index is 1130. The minimum atomic E-state index is -4.17. The van der Waals surface area contributed by atoms with Gasteiger partial charge in [-0.1, -0.05) is 12.1 Å². The minimum absolute atomic E-state index is 0.286. The number of benzene rings is 2. The van der Waals surface area contributed by atoms with E-state index in [1.807, 2.05) is 26.0 Å². The van der Waals surface area contributed by atoms with Gasteiger partial charge in [-0.15, -0.1) is 0 Å². The molecule has 0 spiro atoms. The van der Waals surface area contributed by atoms with E-state index in [2.05, 4.69) is 0 Å². The first-order valence-electron chi connectivity index (χ1n) is 7.29. The van der Waals surface area contributed by atoms with Gasteiger partial charge in [0.15, 0.2) is 0 Å². The van der Waals surface area contributed by atoms with Crippen molar-refractivity contribution in [1.29, 1.82) is 0 Å². The van der Waals surface area contributed by atoms with E-state index in [1.54, 1.807) is 6.07 Å². The Morgan fingerprint density at radius 3 is 2.40 bits per heavy atom. The van der Waals surface area contributed by atoms with Crippen molar-refractivity contribution in [2.45, 2.75) is 18.7 Å². The molecule has 0 unspecified atom stereocenters. The topological polar surface area (TPSA) is 95.3 Å². The molecule has 1 aromatic heterocycles. The van der Waals surface area contributed by atoms with Gasteiger partial charge in [-0.05, 0) is 49.2 Å². The molecule has 2 aromatic carbocycles. The van der Waals surface area contributed by atoms with Gasteiger partial charge >= 0.3 is 5.76 Å². The molecule has 0 aliphatic rings. The molecule has 0 fully saturated rings. The van der Waals surface area contributed by atoms with Crippen LogP contribution < -0.4 is 10.9 Å². The van der Waals surface area contributed by atoms with Crippen molar-refractivity contribution in [2.24, 2.45) is 5.14 Å². The average Bonchev–Trinajstić information content (AvgIpc) is 2.90. The Balaban J connectivity index is 2.19. The Kier molecular flexibility index (Phi) is 4.09. The molecule has 0 aliphatic heterocycles. The van der Waals surface area contributed by atoms with Crippen LogP contribution in [0.2, 0.25) is 0 Å². The van der Waals surface area contributed by atoms with Crippen LogP contribution in [0.1, 0.15) is 11.1 Å². The highest BCUT2D eigenvalue weighted by Crippen LogP contribution is 2.26. The summed E-state index contributed by atoms with van der Waals surface area (Å²) in [4.78, 5) is 11.5. The Morgan fingerprint density at radius 1 is 1.08 bits per heavy atom. The third-order valence-corrected chi connectivity index (χ3v) is 4.92. The van der Waals surface area contributed by atoms with Crippen LogP contribution >= 0.6 is 0 Å². The summed E-state index contributed by atoms with van der Waals surface area (Å²) in [6, 6.07) is 8.84. The van der Waals surface area contributed by atoms with Crippen molar-refractivity contribution in [3.63, 3.8) is 0 Å². The van der Waals surface area contributed by atoms with E-state index in [1.165, 1.54) is 16.9 Å². The lowest BCUT2D eigenvalue weighted by Gasteiger charge is -2.09. The van der Waals surface area contributed by atoms with Crippen molar-refractivity contribution in [1.82, 2.24) is 4.57 Å². The van der Waals surface area contributed by atoms with Crippen LogP contribution in [0.4, 0.5) is 4.39 Å². The molecule has 0 aliphatic carbocycles. The average molecular weight is 362 g/mol. The summed E-state index contributed by atoms with van der Waals surface area (Å²) in [5.41, 5.74) is 3.19. The largest absolute Gasteiger partial charge is 0.424 e. The molecule has 0 atom stereocenters. The molecular formula is C17H15FN2O4S. The first kappa shape index (κ1) is 17.1. The van der Waals surface area contributed by atoms with Crippen LogP contribution in [0.5, 0.6) is 0 Å². The number of aromatic nitrogens is 1. The molecule has 6 nitrogen and oxygen atoms in total. The maximum atomic E-state index is 14.1. The lowest BCUT2D eigenvalue weighted by molar-refractivity contribution is 0.504. The van der Waals surface area contributed by atoms with Crippen molar-refractivity contribution >= 4 is 10.0 Å². The summed E-state index contributed by atoms with van der Waals surface area (Å²) in [6.45, 7) is 3.85. The SMILES string of the molecule is Cc1ccc(-n2c(-c3ccc(S(N)(=O)=O)c(F)c3)coc2=O)cc1C. The van der Waals surface area contributed by atoms with Crippen molar-refractivity contribution in [3.05, 3.63) is 70.2 Å². The second kappa shape index (κ2) is 5.98. The van der Waals surface area contributed by atoms with Crippen molar-refractivity contribution in [3.8, 4) is 16.9 Å². The Morgan fingerprint density at radius 2 is 1.80 bits per heavy atom. The zero-order valence-corrected chi connectivity index (χ0v) is 14.3. The molecule has 8 heteroatoms. The van der Waals surface area contributed by atoms with Crippen LogP contribution in [-0.4, -0.2) is 13.0 Å². The zero-order chi connectivity index (χ0) is 18.4. The summed E-state index contributed by atoms with van der Waals surface area (Å²) < 4.78 is 43.0. The number of halogens is 1. The predicted molar refractivity (Wildman–Crippen MR) is 90.5 cm³/mol. The highest BCUT2D eigenvalue weighted by molar-refractivity contribution is 7.89. The van der Waals surface area contributed by atoms with Gasteiger partial charge in [-0.25, -0.2) is 27.3 Å². The van der Waals surface area contributed by atoms with Gasteiger partial charge in [0, 0.05) is 5.56 Å². The second-order valence-corrected chi connectivity index (χ2v) is 7.21. The summed E-state index contributed by atoms with van der Waals surface area (Å²) in [5, 5.41) is 4.96. The van der Waals surface area contributed by atoms with E-state index >= 15 is 0 Å². The number of sulfonamides is 1. The minimum Gasteiger partial charge on any atom is -0.415 e. The maximum Gasteiger partial charge on any atom is 0.424 e. The van der Waals surface area contributed by atoms with E-state index in [0.717, 1.165) is 23.3 Å². The van der Waals surface area contributed by atoms with Crippen LogP contribution in [-0.2, 0) is 10.0 Å². The van der Waals surface area contributed by atoms with E-state index in [-0.39, 0.29) is 5.56 Å². The molecular weight excluding hydrogens is 347 g/mol. The standard InChI is InChI=1S/C17H15FN2O4S/c1-10-3-5-13(7-11(10)2)20-15(9-24-17(20)21)12-4-6-16(14(18)8-12)25(19,22)23/h3-9H,1-2H3,(H2,19,22,23). The summed E-state index contributed by atoms with van der Waals surface area (Å²) in [6.07, 6.45) is 1.20. The van der Waals surface area contributed by atoms with E-state index < -0.39 is 26.5 Å². The molecule has 1 heterocycles. The number of aryl methyl sites for hydroxylation is 2. The van der Waals surface area contributed by atoms with Gasteiger partial charge in [0.2, 0.25) is 10.0 Å². The number of hydrogen-bond donors (Lipinski definition) is 1. The normalized spacial score (nSPS) is 11.7. The quantitative estimate of drug-likeness (QED) is 0.774. The molecule has 0 bridgehead atoms. The fourth-order valence-electron chi connectivity index (χ4n) is 2.51. The molecule has 130 valence electrons. The fraction of sp³-hybridized carbons (Fsp3) is 0.118. The van der Waals surface area contributed by atoms with Crippen molar-refractivity contribution < 1.29 is 17.2 Å². The highest BCUT2D eigenvalue weighted by Gasteiger charge is 2.18. The summed E-state index contributed by atoms with van der Waals surface area (Å²) >= 11 is 0. The van der Waals surface area contributed by atoms with Crippen LogP contribution in [0, 0.1) is 19.7 Å². The Hall–Kier alpha value is -2.71. The number of hydrogen-bond acceptors (Lipinski definition) is 4. The van der Waals surface area contributed by atoms with Crippen LogP contribution in [0.3, 0.4) is 0 Å². The molecule has 0 saturated carbocycles. The summed E-state index contributed by atoms with van der Waals surface area (Å²) in [7, 11) is -4.17. The number of rotatable bonds is 3. The molecule has 3 rings (SSSR count). The Labute approximate surface area is 143 Å². The molecule has 0 amide bonds. The first-order valence-corrected chi connectivity index (χ1v) is 8.84. The monoisotopic (exact) mass is 362 g/mol. The lowest BCUT2D eigenvalue weighted by Crippen LogP contribution is -2.15. The van der Waals surface area contributed by atoms with Gasteiger partial charge in [0.25, 0.3) is 0 Å². The number of nitrogens with zero attached hydrogens (tertiary/aromatic N) is 1. The predicted octanol–water partition coefficient (Wildman–Crippen LogP) is 2.50. The number of oxazole rings is 1. The third kappa shape index (κ3) is 3.13. The van der Waals surface area contributed by atoms with Gasteiger partial charge in [0.05, 0.1) is 11.4 Å². The first-order chi connectivity index (χ1) is 11.7. The van der Waals surface area contributed by atoms with Gasteiger partial charge < -0.3 is 4.42 Å². The van der Waals surface area contributed by atoms with Gasteiger partial charge in [-0.3, -0.25) is 0 Å². The highest BCUT2D eigenvalue weighted by atomic mass is 32.2. The van der Waals surface area contributed by atoms with Crippen LogP contribution in [0.25, 0.3) is 16.9 Å². The summed E-state index contributed by atoms with van der Waals surface area (Å²) in [5.74, 6) is -1.63. The maximum absolute atomic E-state index is 14.1.